The molecule has 2 unspecified atom stereocenters. The molecule has 2 N–H and O–H groups in total. The number of benzene rings is 2. The number of aryl methyl sites for hydroxylation is 1. The predicted octanol–water partition coefficient (Wildman–Crippen LogP) is 3.78. The number of thioether (sulfide) groups is 1. The fourth-order valence-electron chi connectivity index (χ4n) is 3.50. The van der Waals surface area contributed by atoms with Crippen LogP contribution in [-0.4, -0.2) is 35.6 Å². The summed E-state index contributed by atoms with van der Waals surface area (Å²) in [7, 11) is 1.17. The summed E-state index contributed by atoms with van der Waals surface area (Å²) in [5.74, 6) is -4.19. The van der Waals surface area contributed by atoms with Crippen LogP contribution in [0, 0.1) is 34.3 Å². The lowest BCUT2D eigenvalue weighted by Crippen LogP contribution is -2.44. The number of rotatable bonds is 7. The quantitative estimate of drug-likeness (QED) is 0.225. The molecule has 1 heterocycles. The second-order valence-corrected chi connectivity index (χ2v) is 9.33. The Hall–Kier alpha value is -3.69. The Bertz CT molecular complexity index is 1270. The lowest BCUT2D eigenvalue weighted by Gasteiger charge is -2.31. The zero-order valence-electron chi connectivity index (χ0n) is 18.5. The third-order valence-electron chi connectivity index (χ3n) is 5.21. The van der Waals surface area contributed by atoms with Crippen molar-refractivity contribution in [3.05, 3.63) is 78.8 Å². The molecule has 2 amide bonds. The van der Waals surface area contributed by atoms with E-state index in [0.717, 1.165) is 17.3 Å². The molecule has 0 fully saturated rings. The van der Waals surface area contributed by atoms with Crippen molar-refractivity contribution < 1.29 is 24.0 Å². The Morgan fingerprint density at radius 1 is 1.29 bits per heavy atom. The smallest absolute Gasteiger partial charge is 0.319 e. The highest BCUT2D eigenvalue weighted by Gasteiger charge is 2.44. The van der Waals surface area contributed by atoms with E-state index in [1.165, 1.54) is 25.3 Å². The number of carbonyl (C=O) groups excluding carboxylic acids is 3. The minimum absolute atomic E-state index is 0.137. The number of hydrogen-bond donors (Lipinski definition) is 2. The van der Waals surface area contributed by atoms with Gasteiger partial charge < -0.3 is 15.4 Å². The van der Waals surface area contributed by atoms with Gasteiger partial charge in [0, 0.05) is 22.5 Å². The van der Waals surface area contributed by atoms with Gasteiger partial charge in [-0.3, -0.25) is 24.5 Å². The maximum atomic E-state index is 12.9. The first kappa shape index (κ1) is 25.9. The molecule has 0 spiro atoms. The van der Waals surface area contributed by atoms with Gasteiger partial charge in [0.05, 0.1) is 40.1 Å². The zero-order valence-corrected chi connectivity index (χ0v) is 20.9. The minimum atomic E-state index is -1.26. The van der Waals surface area contributed by atoms with E-state index in [1.807, 2.05) is 19.1 Å². The monoisotopic (exact) mass is 558 g/mol. The molecule has 0 radical (unpaired) electrons. The fourth-order valence-corrected chi connectivity index (χ4v) is 4.81. The Kier molecular flexibility index (Phi) is 8.26. The summed E-state index contributed by atoms with van der Waals surface area (Å²) in [6.45, 7) is 1.89. The first-order valence-corrected chi connectivity index (χ1v) is 11.9. The Labute approximate surface area is 213 Å². The summed E-state index contributed by atoms with van der Waals surface area (Å²) in [5, 5.41) is 26.2. The summed E-state index contributed by atoms with van der Waals surface area (Å²) in [6, 6.07) is 13.1. The molecular formula is C23H19BrN4O6S. The first-order chi connectivity index (χ1) is 16.7. The van der Waals surface area contributed by atoms with E-state index < -0.39 is 34.5 Å². The van der Waals surface area contributed by atoms with E-state index in [2.05, 4.69) is 32.6 Å². The Balaban J connectivity index is 1.86. The number of hydrogen-bond acceptors (Lipinski definition) is 8. The molecule has 10 nitrogen and oxygen atoms in total. The molecule has 1 aliphatic heterocycles. The van der Waals surface area contributed by atoms with Crippen LogP contribution >= 0.6 is 27.7 Å². The lowest BCUT2D eigenvalue weighted by atomic mass is 9.78. The number of carbonyl (C=O) groups is 3. The van der Waals surface area contributed by atoms with Gasteiger partial charge in [-0.2, -0.15) is 5.26 Å². The van der Waals surface area contributed by atoms with Crippen LogP contribution in [0.3, 0.4) is 0 Å². The number of esters is 1. The number of non-ortho nitro benzene ring substituents is 1. The van der Waals surface area contributed by atoms with Gasteiger partial charge in [0.2, 0.25) is 11.8 Å². The molecule has 12 heteroatoms. The van der Waals surface area contributed by atoms with E-state index in [1.54, 1.807) is 12.1 Å². The average molecular weight is 559 g/mol. The number of ether oxygens (including phenoxy) is 1. The van der Waals surface area contributed by atoms with E-state index >= 15 is 0 Å². The van der Waals surface area contributed by atoms with Gasteiger partial charge in [-0.1, -0.05) is 41.6 Å². The van der Waals surface area contributed by atoms with Crippen LogP contribution in [0.4, 0.5) is 11.4 Å². The fraction of sp³-hybridized carbons (Fsp3) is 0.217. The molecule has 0 saturated carbocycles. The summed E-state index contributed by atoms with van der Waals surface area (Å²) >= 11 is 4.12. The molecule has 0 bridgehead atoms. The van der Waals surface area contributed by atoms with Gasteiger partial charge in [0.25, 0.3) is 5.69 Å². The Morgan fingerprint density at radius 3 is 2.54 bits per heavy atom. The second-order valence-electron chi connectivity index (χ2n) is 7.49. The minimum Gasteiger partial charge on any atom is -0.468 e. The molecular weight excluding hydrogens is 540 g/mol. The largest absolute Gasteiger partial charge is 0.468 e. The first-order valence-electron chi connectivity index (χ1n) is 10.1. The van der Waals surface area contributed by atoms with Gasteiger partial charge in [-0.05, 0) is 34.5 Å². The molecule has 180 valence electrons. The van der Waals surface area contributed by atoms with Gasteiger partial charge in [0.15, 0.2) is 0 Å². The maximum absolute atomic E-state index is 12.9. The van der Waals surface area contributed by atoms with Crippen molar-refractivity contribution in [3.63, 3.8) is 0 Å². The number of methoxy groups -OCH3 is 1. The number of nitrogens with zero attached hydrogens (tertiary/aromatic N) is 2. The second kappa shape index (κ2) is 11.2. The summed E-state index contributed by atoms with van der Waals surface area (Å²) in [6.07, 6.45) is 0. The lowest BCUT2D eigenvalue weighted by molar-refractivity contribution is -0.384. The summed E-state index contributed by atoms with van der Waals surface area (Å²) in [5.41, 5.74) is 1.88. The third kappa shape index (κ3) is 5.87. The number of halogens is 1. The van der Waals surface area contributed by atoms with Gasteiger partial charge in [-0.25, -0.2) is 0 Å². The number of nitro groups is 1. The number of nitro benzene ring substituents is 1. The third-order valence-corrected chi connectivity index (χ3v) is 6.88. The Morgan fingerprint density at radius 2 is 1.97 bits per heavy atom. The number of nitriles is 1. The zero-order chi connectivity index (χ0) is 25.7. The maximum Gasteiger partial charge on any atom is 0.319 e. The van der Waals surface area contributed by atoms with Crippen molar-refractivity contribution in [2.75, 3.05) is 18.2 Å². The van der Waals surface area contributed by atoms with Crippen LogP contribution in [0.15, 0.2) is 57.5 Å². The highest BCUT2D eigenvalue weighted by Crippen LogP contribution is 2.40. The number of anilines is 1. The predicted molar refractivity (Wildman–Crippen MR) is 132 cm³/mol. The van der Waals surface area contributed by atoms with Gasteiger partial charge in [0.1, 0.15) is 5.92 Å². The molecule has 0 aromatic heterocycles. The number of nitrogens with one attached hydrogen (secondary N) is 2. The molecule has 0 aliphatic carbocycles. The molecule has 35 heavy (non-hydrogen) atoms. The van der Waals surface area contributed by atoms with E-state index in [9.17, 15) is 29.8 Å². The van der Waals surface area contributed by atoms with Crippen LogP contribution < -0.4 is 10.6 Å². The number of allylic oxidation sites excluding steroid dienone is 1. The molecule has 2 atom stereocenters. The summed E-state index contributed by atoms with van der Waals surface area (Å²) < 4.78 is 5.14. The molecule has 0 saturated heterocycles. The van der Waals surface area contributed by atoms with Gasteiger partial charge in [-0.15, -0.1) is 0 Å². The molecule has 2 aromatic rings. The topological polar surface area (TPSA) is 151 Å². The van der Waals surface area contributed by atoms with Crippen molar-refractivity contribution in [1.29, 1.82) is 5.26 Å². The highest BCUT2D eigenvalue weighted by molar-refractivity contribution is 9.10. The van der Waals surface area contributed by atoms with Crippen molar-refractivity contribution in [2.24, 2.45) is 5.92 Å². The van der Waals surface area contributed by atoms with Crippen LogP contribution in [0.25, 0.3) is 0 Å². The number of amides is 2. The van der Waals surface area contributed by atoms with E-state index in [-0.39, 0.29) is 22.0 Å². The SMILES string of the molecule is COC(=O)C1C(=O)NC(SCC(=O)Nc2ccc([N+](=O)[O-])cc2Br)=C(C#N)C1c1ccc(C)cc1. The standard InChI is InChI=1S/C23H19BrN4O6S/c1-12-3-5-13(6-4-12)19-15(10-25)22(27-21(30)20(19)23(31)34-2)35-11-18(29)26-17-8-7-14(28(32)33)9-16(17)24/h3-9,19-20H,11H2,1-2H3,(H,26,29)(H,27,30). The molecule has 2 aromatic carbocycles. The van der Waals surface area contributed by atoms with Gasteiger partial charge >= 0.3 is 5.97 Å². The van der Waals surface area contributed by atoms with Crippen molar-refractivity contribution >= 4 is 56.9 Å². The van der Waals surface area contributed by atoms with E-state index in [0.29, 0.717) is 15.7 Å². The van der Waals surface area contributed by atoms with Crippen LogP contribution in [0.2, 0.25) is 0 Å². The average Bonchev–Trinajstić information content (AvgIpc) is 2.83. The molecule has 3 rings (SSSR count). The van der Waals surface area contributed by atoms with Crippen LogP contribution in [-0.2, 0) is 19.1 Å². The van der Waals surface area contributed by atoms with Crippen LogP contribution in [0.1, 0.15) is 17.0 Å². The normalized spacial score (nSPS) is 17.3. The van der Waals surface area contributed by atoms with Crippen molar-refractivity contribution in [1.82, 2.24) is 5.32 Å². The summed E-state index contributed by atoms with van der Waals surface area (Å²) in [4.78, 5) is 48.1. The highest BCUT2D eigenvalue weighted by atomic mass is 79.9. The van der Waals surface area contributed by atoms with E-state index in [4.69, 9.17) is 4.74 Å². The van der Waals surface area contributed by atoms with Crippen molar-refractivity contribution in [3.8, 4) is 6.07 Å². The molecule has 1 aliphatic rings. The van der Waals surface area contributed by atoms with Crippen molar-refractivity contribution in [2.45, 2.75) is 12.8 Å². The van der Waals surface area contributed by atoms with Crippen LogP contribution in [0.5, 0.6) is 0 Å².